The third-order valence-electron chi connectivity index (χ3n) is 6.36. The number of piperazine rings is 1. The lowest BCUT2D eigenvalue weighted by Crippen LogP contribution is -2.49. The molecule has 2 heterocycles. The van der Waals surface area contributed by atoms with Gasteiger partial charge in [-0.3, -0.25) is 19.8 Å². The highest BCUT2D eigenvalue weighted by Gasteiger charge is 2.30. The van der Waals surface area contributed by atoms with Crippen LogP contribution < -0.4 is 4.74 Å². The van der Waals surface area contributed by atoms with E-state index < -0.39 is 4.92 Å². The maximum absolute atomic E-state index is 13.5. The number of carbonyl (C=O) groups excluding carboxylic acids is 1. The van der Waals surface area contributed by atoms with Gasteiger partial charge in [0.15, 0.2) is 0 Å². The van der Waals surface area contributed by atoms with Crippen LogP contribution in [0.5, 0.6) is 11.5 Å². The molecule has 0 radical (unpaired) electrons. The number of amides is 1. The lowest BCUT2D eigenvalue weighted by atomic mass is 10.1. The number of hydrogen-bond acceptors (Lipinski definition) is 8. The molecule has 0 spiro atoms. The molecule has 0 bridgehead atoms. The summed E-state index contributed by atoms with van der Waals surface area (Å²) in [5, 5.41) is 15.5. The normalized spacial score (nSPS) is 14.8. The van der Waals surface area contributed by atoms with Gasteiger partial charge in [0.25, 0.3) is 11.6 Å². The predicted molar refractivity (Wildman–Crippen MR) is 135 cm³/mol. The topological polar surface area (TPSA) is 115 Å². The van der Waals surface area contributed by atoms with Crippen LogP contribution in [0.25, 0.3) is 11.4 Å². The van der Waals surface area contributed by atoms with Crippen LogP contribution in [-0.4, -0.2) is 56.9 Å². The molecule has 188 valence electrons. The Balaban J connectivity index is 1.28. The number of aromatic nitrogens is 2. The van der Waals surface area contributed by atoms with E-state index in [1.807, 2.05) is 55.5 Å². The number of nitro groups is 1. The maximum atomic E-state index is 13.5. The molecule has 1 fully saturated rings. The van der Waals surface area contributed by atoms with Crippen molar-refractivity contribution in [2.75, 3.05) is 26.2 Å². The Labute approximate surface area is 213 Å². The van der Waals surface area contributed by atoms with Crippen LogP contribution in [0.3, 0.4) is 0 Å². The van der Waals surface area contributed by atoms with Gasteiger partial charge in [-0.25, -0.2) is 0 Å². The first-order valence-electron chi connectivity index (χ1n) is 11.9. The van der Waals surface area contributed by atoms with Gasteiger partial charge in [0, 0.05) is 43.9 Å². The van der Waals surface area contributed by atoms with Gasteiger partial charge in [0.2, 0.25) is 11.7 Å². The maximum Gasteiger partial charge on any atom is 0.270 e. The van der Waals surface area contributed by atoms with Gasteiger partial charge < -0.3 is 14.2 Å². The van der Waals surface area contributed by atoms with E-state index in [9.17, 15) is 14.9 Å². The van der Waals surface area contributed by atoms with Crippen molar-refractivity contribution in [3.8, 4) is 22.9 Å². The second kappa shape index (κ2) is 10.6. The van der Waals surface area contributed by atoms with E-state index in [-0.39, 0.29) is 28.9 Å². The Kier molecular flexibility index (Phi) is 6.91. The highest BCUT2D eigenvalue weighted by molar-refractivity contribution is 5.97. The highest BCUT2D eigenvalue weighted by atomic mass is 16.6. The fourth-order valence-corrected chi connectivity index (χ4v) is 4.25. The first kappa shape index (κ1) is 24.1. The summed E-state index contributed by atoms with van der Waals surface area (Å²) in [5.41, 5.74) is 0.871. The van der Waals surface area contributed by atoms with Crippen LogP contribution in [0.2, 0.25) is 0 Å². The van der Waals surface area contributed by atoms with Crippen LogP contribution in [0.1, 0.15) is 29.2 Å². The summed E-state index contributed by atoms with van der Waals surface area (Å²) in [7, 11) is 0. The molecule has 1 amide bonds. The summed E-state index contributed by atoms with van der Waals surface area (Å²) in [4.78, 5) is 32.7. The Hall–Kier alpha value is -4.57. The standard InChI is InChI=1S/C27H25N5O5/c1-19(26-28-25(29-37-26)20-8-4-2-5-9-20)30-14-16-31(17-15-30)27(33)23-18-21(32(34)35)12-13-24(23)36-22-10-6-3-7-11-22/h2-13,18-19H,14-17H2,1H3. The van der Waals surface area contributed by atoms with Crippen molar-refractivity contribution < 1.29 is 19.0 Å². The number of non-ortho nitro benzene ring substituents is 1. The molecule has 0 N–H and O–H groups in total. The third kappa shape index (κ3) is 5.34. The Morgan fingerprint density at radius 3 is 2.35 bits per heavy atom. The van der Waals surface area contributed by atoms with Crippen LogP contribution in [0.4, 0.5) is 5.69 Å². The van der Waals surface area contributed by atoms with Gasteiger partial charge in [0.1, 0.15) is 11.5 Å². The third-order valence-corrected chi connectivity index (χ3v) is 6.36. The zero-order valence-electron chi connectivity index (χ0n) is 20.2. The molecule has 5 rings (SSSR count). The smallest absolute Gasteiger partial charge is 0.270 e. The zero-order chi connectivity index (χ0) is 25.8. The molecule has 0 aliphatic carbocycles. The molecular weight excluding hydrogens is 474 g/mol. The lowest BCUT2D eigenvalue weighted by Gasteiger charge is -2.37. The molecule has 1 aliphatic heterocycles. The second-order valence-electron chi connectivity index (χ2n) is 8.68. The number of carbonyl (C=O) groups is 1. The molecule has 1 saturated heterocycles. The summed E-state index contributed by atoms with van der Waals surface area (Å²) < 4.78 is 11.4. The van der Waals surface area contributed by atoms with Crippen molar-refractivity contribution in [1.29, 1.82) is 0 Å². The van der Waals surface area contributed by atoms with Gasteiger partial charge in [-0.1, -0.05) is 53.7 Å². The Bertz CT molecular complexity index is 1380. The second-order valence-corrected chi connectivity index (χ2v) is 8.68. The summed E-state index contributed by atoms with van der Waals surface area (Å²) >= 11 is 0. The SMILES string of the molecule is CC(c1nc(-c2ccccc2)no1)N1CCN(C(=O)c2cc([N+](=O)[O-])ccc2Oc2ccccc2)CC1. The van der Waals surface area contributed by atoms with E-state index in [1.54, 1.807) is 17.0 Å². The molecule has 10 heteroatoms. The first-order valence-corrected chi connectivity index (χ1v) is 11.9. The van der Waals surface area contributed by atoms with E-state index in [4.69, 9.17) is 9.26 Å². The van der Waals surface area contributed by atoms with E-state index in [0.717, 1.165) is 5.56 Å². The van der Waals surface area contributed by atoms with E-state index >= 15 is 0 Å². The molecule has 1 atom stereocenters. The van der Waals surface area contributed by atoms with Crippen LogP contribution in [-0.2, 0) is 0 Å². The molecule has 4 aromatic rings. The fraction of sp³-hybridized carbons (Fsp3) is 0.222. The molecule has 0 saturated carbocycles. The van der Waals surface area contributed by atoms with E-state index in [0.29, 0.717) is 43.6 Å². The van der Waals surface area contributed by atoms with Crippen LogP contribution in [0.15, 0.2) is 83.4 Å². The monoisotopic (exact) mass is 499 g/mol. The quantitative estimate of drug-likeness (QED) is 0.259. The summed E-state index contributed by atoms with van der Waals surface area (Å²) in [5.74, 6) is 1.55. The van der Waals surface area contributed by atoms with E-state index in [1.165, 1.54) is 18.2 Å². The van der Waals surface area contributed by atoms with Crippen molar-refractivity contribution in [2.24, 2.45) is 0 Å². The van der Waals surface area contributed by atoms with Crippen LogP contribution in [0, 0.1) is 10.1 Å². The van der Waals surface area contributed by atoms with Crippen molar-refractivity contribution in [3.05, 3.63) is 100 Å². The highest BCUT2D eigenvalue weighted by Crippen LogP contribution is 2.31. The van der Waals surface area contributed by atoms with Gasteiger partial charge in [-0.2, -0.15) is 4.98 Å². The number of ether oxygens (including phenoxy) is 1. The number of hydrogen-bond donors (Lipinski definition) is 0. The largest absolute Gasteiger partial charge is 0.457 e. The molecule has 37 heavy (non-hydrogen) atoms. The zero-order valence-corrected chi connectivity index (χ0v) is 20.2. The molecule has 1 aromatic heterocycles. The van der Waals surface area contributed by atoms with Gasteiger partial charge >= 0.3 is 0 Å². The predicted octanol–water partition coefficient (Wildman–Crippen LogP) is 4.96. The minimum atomic E-state index is -0.517. The fourth-order valence-electron chi connectivity index (χ4n) is 4.25. The summed E-state index contributed by atoms with van der Waals surface area (Å²) in [6.07, 6.45) is 0. The number of rotatable bonds is 7. The van der Waals surface area contributed by atoms with Gasteiger partial charge in [-0.15, -0.1) is 0 Å². The summed E-state index contributed by atoms with van der Waals surface area (Å²) in [6.45, 7) is 4.04. The van der Waals surface area contributed by atoms with Crippen molar-refractivity contribution in [3.63, 3.8) is 0 Å². The molecule has 1 unspecified atom stereocenters. The van der Waals surface area contributed by atoms with Gasteiger partial charge in [-0.05, 0) is 25.1 Å². The minimum absolute atomic E-state index is 0.128. The molecular formula is C27H25N5O5. The number of para-hydroxylation sites is 1. The molecule has 1 aliphatic rings. The van der Waals surface area contributed by atoms with Crippen molar-refractivity contribution in [1.82, 2.24) is 19.9 Å². The minimum Gasteiger partial charge on any atom is -0.457 e. The number of benzene rings is 3. The summed E-state index contributed by atoms with van der Waals surface area (Å²) in [6, 6.07) is 22.6. The Morgan fingerprint density at radius 1 is 1.00 bits per heavy atom. The van der Waals surface area contributed by atoms with Crippen molar-refractivity contribution >= 4 is 11.6 Å². The Morgan fingerprint density at radius 2 is 1.68 bits per heavy atom. The average molecular weight is 500 g/mol. The molecule has 3 aromatic carbocycles. The number of nitrogens with zero attached hydrogens (tertiary/aromatic N) is 5. The van der Waals surface area contributed by atoms with Crippen molar-refractivity contribution in [2.45, 2.75) is 13.0 Å². The van der Waals surface area contributed by atoms with E-state index in [2.05, 4.69) is 15.0 Å². The number of nitro benzene ring substituents is 1. The van der Waals surface area contributed by atoms with Gasteiger partial charge in [0.05, 0.1) is 16.5 Å². The average Bonchev–Trinajstić information content (AvgIpc) is 3.44. The first-order chi connectivity index (χ1) is 18.0. The lowest BCUT2D eigenvalue weighted by molar-refractivity contribution is -0.384. The van der Waals surface area contributed by atoms with Crippen LogP contribution >= 0.6 is 0 Å². The molecule has 10 nitrogen and oxygen atoms in total.